The van der Waals surface area contributed by atoms with Gasteiger partial charge in [0.05, 0.1) is 0 Å². The number of allylic oxidation sites excluding steroid dienone is 2. The largest absolute Gasteiger partial charge is 0.352 e. The molecule has 0 aliphatic heterocycles. The van der Waals surface area contributed by atoms with Crippen LogP contribution in [-0.4, -0.2) is 18.4 Å². The molecule has 23 heavy (non-hydrogen) atoms. The molecular formula is C19H26N2O2. The molecule has 0 saturated carbocycles. The highest BCUT2D eigenvalue weighted by atomic mass is 16.2. The van der Waals surface area contributed by atoms with E-state index in [1.165, 1.54) is 0 Å². The van der Waals surface area contributed by atoms with E-state index in [0.29, 0.717) is 30.4 Å². The standard InChI is InChI=1S/C19H26N2O2/c1-13(2)12-20-19(23)16-8-9-17(14(3)10-16)21-18(22)11-15-6-4-5-7-15/h4,6,8-10,13,15H,5,7,11-12H2,1-3H3,(H,20,23)(H,21,22)/t15-/m0/s1. The first-order chi connectivity index (χ1) is 11.0. The van der Waals surface area contributed by atoms with Gasteiger partial charge < -0.3 is 10.6 Å². The fraction of sp³-hybridized carbons (Fsp3) is 0.474. The summed E-state index contributed by atoms with van der Waals surface area (Å²) in [6, 6.07) is 5.39. The van der Waals surface area contributed by atoms with E-state index in [1.807, 2.05) is 19.1 Å². The highest BCUT2D eigenvalue weighted by Gasteiger charge is 2.15. The van der Waals surface area contributed by atoms with Gasteiger partial charge in [0.1, 0.15) is 0 Å². The summed E-state index contributed by atoms with van der Waals surface area (Å²) in [6.45, 7) is 6.68. The molecule has 0 bridgehead atoms. The number of aryl methyl sites for hydroxylation is 1. The molecule has 1 aromatic carbocycles. The minimum Gasteiger partial charge on any atom is -0.352 e. The minimum absolute atomic E-state index is 0.0293. The maximum atomic E-state index is 12.1. The summed E-state index contributed by atoms with van der Waals surface area (Å²) < 4.78 is 0. The van der Waals surface area contributed by atoms with Crippen LogP contribution in [0.4, 0.5) is 5.69 Å². The maximum Gasteiger partial charge on any atom is 0.251 e. The highest BCUT2D eigenvalue weighted by Crippen LogP contribution is 2.22. The molecule has 4 nitrogen and oxygen atoms in total. The Labute approximate surface area is 138 Å². The van der Waals surface area contributed by atoms with Crippen molar-refractivity contribution >= 4 is 17.5 Å². The smallest absolute Gasteiger partial charge is 0.251 e. The minimum atomic E-state index is -0.0734. The van der Waals surface area contributed by atoms with Crippen LogP contribution in [0.5, 0.6) is 0 Å². The zero-order valence-electron chi connectivity index (χ0n) is 14.2. The Morgan fingerprint density at radius 2 is 2.09 bits per heavy atom. The summed E-state index contributed by atoms with van der Waals surface area (Å²) in [6.07, 6.45) is 6.90. The molecule has 0 saturated heterocycles. The third-order valence-corrected chi connectivity index (χ3v) is 3.99. The molecule has 0 spiro atoms. The Morgan fingerprint density at radius 1 is 1.30 bits per heavy atom. The zero-order chi connectivity index (χ0) is 16.8. The number of carbonyl (C=O) groups is 2. The molecule has 2 rings (SSSR count). The molecule has 1 atom stereocenters. The molecule has 2 amide bonds. The molecular weight excluding hydrogens is 288 g/mol. The first kappa shape index (κ1) is 17.3. The van der Waals surface area contributed by atoms with E-state index >= 15 is 0 Å². The SMILES string of the molecule is Cc1cc(C(=O)NCC(C)C)ccc1NC(=O)C[C@H]1C=CCC1. The first-order valence-corrected chi connectivity index (χ1v) is 8.31. The molecule has 1 aromatic rings. The van der Waals surface area contributed by atoms with Gasteiger partial charge in [0.2, 0.25) is 5.91 Å². The lowest BCUT2D eigenvalue weighted by atomic mass is 10.0. The van der Waals surface area contributed by atoms with E-state index < -0.39 is 0 Å². The molecule has 0 radical (unpaired) electrons. The Kier molecular flexibility index (Phi) is 5.97. The number of anilines is 1. The van der Waals surface area contributed by atoms with Gasteiger partial charge in [0, 0.05) is 24.2 Å². The maximum absolute atomic E-state index is 12.1. The van der Waals surface area contributed by atoms with Crippen molar-refractivity contribution in [3.63, 3.8) is 0 Å². The molecule has 2 N–H and O–H groups in total. The van der Waals surface area contributed by atoms with Crippen LogP contribution in [0.3, 0.4) is 0 Å². The Hall–Kier alpha value is -2.10. The average Bonchev–Trinajstić information content (AvgIpc) is 2.99. The lowest BCUT2D eigenvalue weighted by Crippen LogP contribution is -2.27. The third-order valence-electron chi connectivity index (χ3n) is 3.99. The predicted molar refractivity (Wildman–Crippen MR) is 93.5 cm³/mol. The van der Waals surface area contributed by atoms with E-state index in [-0.39, 0.29) is 11.8 Å². The van der Waals surface area contributed by atoms with E-state index in [0.717, 1.165) is 24.1 Å². The van der Waals surface area contributed by atoms with Crippen molar-refractivity contribution in [3.8, 4) is 0 Å². The summed E-state index contributed by atoms with van der Waals surface area (Å²) >= 11 is 0. The number of hydrogen-bond acceptors (Lipinski definition) is 2. The van der Waals surface area contributed by atoms with Crippen molar-refractivity contribution in [3.05, 3.63) is 41.5 Å². The lowest BCUT2D eigenvalue weighted by Gasteiger charge is -2.13. The third kappa shape index (κ3) is 5.23. The molecule has 4 heteroatoms. The second-order valence-corrected chi connectivity index (χ2v) is 6.65. The van der Waals surface area contributed by atoms with E-state index in [1.54, 1.807) is 6.07 Å². The van der Waals surface area contributed by atoms with E-state index in [2.05, 4.69) is 36.6 Å². The van der Waals surface area contributed by atoms with Crippen LogP contribution >= 0.6 is 0 Å². The Morgan fingerprint density at radius 3 is 2.70 bits per heavy atom. The highest BCUT2D eigenvalue weighted by molar-refractivity contribution is 5.96. The number of carbonyl (C=O) groups excluding carboxylic acids is 2. The normalized spacial score (nSPS) is 16.6. The second kappa shape index (κ2) is 7.95. The number of benzene rings is 1. The van der Waals surface area contributed by atoms with Gasteiger partial charge in [-0.2, -0.15) is 0 Å². The van der Waals surface area contributed by atoms with Gasteiger partial charge in [0.15, 0.2) is 0 Å². The van der Waals surface area contributed by atoms with Gasteiger partial charge in [-0.05, 0) is 55.4 Å². The number of nitrogens with one attached hydrogen (secondary N) is 2. The summed E-state index contributed by atoms with van der Waals surface area (Å²) in [5.41, 5.74) is 2.30. The first-order valence-electron chi connectivity index (χ1n) is 8.31. The molecule has 124 valence electrons. The Balaban J connectivity index is 1.94. The van der Waals surface area contributed by atoms with Crippen molar-refractivity contribution < 1.29 is 9.59 Å². The second-order valence-electron chi connectivity index (χ2n) is 6.65. The van der Waals surface area contributed by atoms with Crippen LogP contribution < -0.4 is 10.6 Å². The van der Waals surface area contributed by atoms with Gasteiger partial charge in [-0.15, -0.1) is 0 Å². The fourth-order valence-electron chi connectivity index (χ4n) is 2.65. The van der Waals surface area contributed by atoms with Crippen molar-refractivity contribution in [2.45, 2.75) is 40.0 Å². The van der Waals surface area contributed by atoms with Crippen LogP contribution in [0.15, 0.2) is 30.4 Å². The van der Waals surface area contributed by atoms with Crippen molar-refractivity contribution in [1.29, 1.82) is 0 Å². The van der Waals surface area contributed by atoms with Gasteiger partial charge >= 0.3 is 0 Å². The van der Waals surface area contributed by atoms with Crippen LogP contribution in [0.2, 0.25) is 0 Å². The summed E-state index contributed by atoms with van der Waals surface area (Å²) in [5.74, 6) is 0.733. The number of hydrogen-bond donors (Lipinski definition) is 2. The van der Waals surface area contributed by atoms with E-state index in [4.69, 9.17) is 0 Å². The number of amides is 2. The molecule has 0 unspecified atom stereocenters. The van der Waals surface area contributed by atoms with E-state index in [9.17, 15) is 9.59 Å². The summed E-state index contributed by atoms with van der Waals surface area (Å²) in [4.78, 5) is 24.2. The molecule has 0 fully saturated rings. The van der Waals surface area contributed by atoms with Crippen LogP contribution in [0.1, 0.15) is 49.0 Å². The molecule has 1 aliphatic carbocycles. The van der Waals surface area contributed by atoms with Gasteiger partial charge in [0.25, 0.3) is 5.91 Å². The average molecular weight is 314 g/mol. The van der Waals surface area contributed by atoms with Crippen LogP contribution in [0.25, 0.3) is 0 Å². The predicted octanol–water partition coefficient (Wildman–Crippen LogP) is 3.68. The topological polar surface area (TPSA) is 58.2 Å². The number of rotatable bonds is 6. The summed E-state index contributed by atoms with van der Waals surface area (Å²) in [5, 5.41) is 5.85. The van der Waals surface area contributed by atoms with Gasteiger partial charge in [-0.3, -0.25) is 9.59 Å². The molecule has 0 aromatic heterocycles. The lowest BCUT2D eigenvalue weighted by molar-refractivity contribution is -0.116. The quantitative estimate of drug-likeness (QED) is 0.787. The zero-order valence-corrected chi connectivity index (χ0v) is 14.2. The van der Waals surface area contributed by atoms with Crippen molar-refractivity contribution in [1.82, 2.24) is 5.32 Å². The van der Waals surface area contributed by atoms with Crippen molar-refractivity contribution in [2.75, 3.05) is 11.9 Å². The molecule has 1 aliphatic rings. The Bertz CT molecular complexity index is 605. The summed E-state index contributed by atoms with van der Waals surface area (Å²) in [7, 11) is 0. The van der Waals surface area contributed by atoms with Crippen molar-refractivity contribution in [2.24, 2.45) is 11.8 Å². The van der Waals surface area contributed by atoms with Gasteiger partial charge in [-0.25, -0.2) is 0 Å². The van der Waals surface area contributed by atoms with Crippen LogP contribution in [0, 0.1) is 18.8 Å². The monoisotopic (exact) mass is 314 g/mol. The molecule has 0 heterocycles. The fourth-order valence-corrected chi connectivity index (χ4v) is 2.65. The van der Waals surface area contributed by atoms with Gasteiger partial charge in [-0.1, -0.05) is 26.0 Å². The van der Waals surface area contributed by atoms with Crippen LogP contribution in [-0.2, 0) is 4.79 Å².